The Labute approximate surface area is 74.9 Å². The third-order valence-corrected chi connectivity index (χ3v) is 1.79. The van der Waals surface area contributed by atoms with Gasteiger partial charge >= 0.3 is 0 Å². The van der Waals surface area contributed by atoms with Crippen LogP contribution >= 0.6 is 0 Å². The second-order valence-corrected chi connectivity index (χ2v) is 2.82. The van der Waals surface area contributed by atoms with Gasteiger partial charge in [-0.05, 0) is 13.5 Å². The van der Waals surface area contributed by atoms with Crippen LogP contribution in [0.3, 0.4) is 0 Å². The molecular formula is C9H18N2O. The molecule has 0 aromatic carbocycles. The molecule has 0 bridgehead atoms. The van der Waals surface area contributed by atoms with Crippen molar-refractivity contribution in [3.63, 3.8) is 0 Å². The van der Waals surface area contributed by atoms with E-state index in [2.05, 4.69) is 10.8 Å². The summed E-state index contributed by atoms with van der Waals surface area (Å²) in [6.07, 6.45) is 6.25. The van der Waals surface area contributed by atoms with E-state index in [0.29, 0.717) is 13.1 Å². The Balaban J connectivity index is 3.45. The molecule has 0 rings (SSSR count). The predicted molar refractivity (Wildman–Crippen MR) is 50.8 cm³/mol. The monoisotopic (exact) mass is 170 g/mol. The molecule has 1 atom stereocenters. The minimum atomic E-state index is 0.158. The molecule has 0 aromatic heterocycles. The summed E-state index contributed by atoms with van der Waals surface area (Å²) in [5, 5.41) is 0. The molecule has 0 aliphatic carbocycles. The summed E-state index contributed by atoms with van der Waals surface area (Å²) >= 11 is 0. The van der Waals surface area contributed by atoms with Crippen molar-refractivity contribution in [3.8, 4) is 12.3 Å². The summed E-state index contributed by atoms with van der Waals surface area (Å²) in [4.78, 5) is 2.07. The molecular weight excluding hydrogens is 152 g/mol. The van der Waals surface area contributed by atoms with Gasteiger partial charge in [-0.25, -0.2) is 0 Å². The normalized spacial score (nSPS) is 12.9. The molecule has 70 valence electrons. The van der Waals surface area contributed by atoms with E-state index in [4.69, 9.17) is 16.9 Å². The first kappa shape index (κ1) is 11.4. The van der Waals surface area contributed by atoms with E-state index in [1.165, 1.54) is 0 Å². The molecule has 0 heterocycles. The van der Waals surface area contributed by atoms with Crippen molar-refractivity contribution in [1.29, 1.82) is 0 Å². The van der Waals surface area contributed by atoms with Crippen LogP contribution in [-0.2, 0) is 4.74 Å². The molecule has 0 saturated heterocycles. The van der Waals surface area contributed by atoms with E-state index in [9.17, 15) is 0 Å². The van der Waals surface area contributed by atoms with E-state index in [1.807, 2.05) is 7.05 Å². The number of rotatable bonds is 6. The Morgan fingerprint density at radius 3 is 2.75 bits per heavy atom. The molecule has 0 aliphatic rings. The lowest BCUT2D eigenvalue weighted by atomic mass is 10.2. The highest BCUT2D eigenvalue weighted by Crippen LogP contribution is 1.96. The summed E-state index contributed by atoms with van der Waals surface area (Å²) in [5.74, 6) is 2.58. The Kier molecular flexibility index (Phi) is 6.78. The van der Waals surface area contributed by atoms with Gasteiger partial charge in [0, 0.05) is 20.2 Å². The first-order valence-corrected chi connectivity index (χ1v) is 4.09. The molecule has 2 N–H and O–H groups in total. The zero-order valence-corrected chi connectivity index (χ0v) is 7.92. The SMILES string of the molecule is C#CCN(C)CCC(CN)OC. The third kappa shape index (κ3) is 5.14. The molecule has 0 spiro atoms. The Hall–Kier alpha value is -0.560. The zero-order chi connectivity index (χ0) is 9.40. The molecule has 3 nitrogen and oxygen atoms in total. The van der Waals surface area contributed by atoms with Crippen molar-refractivity contribution >= 4 is 0 Å². The lowest BCUT2D eigenvalue weighted by molar-refractivity contribution is 0.0940. The van der Waals surface area contributed by atoms with Crippen LogP contribution in [0.4, 0.5) is 0 Å². The topological polar surface area (TPSA) is 38.5 Å². The number of hydrogen-bond donors (Lipinski definition) is 1. The average molecular weight is 170 g/mol. The summed E-state index contributed by atoms with van der Waals surface area (Å²) < 4.78 is 5.12. The first-order valence-electron chi connectivity index (χ1n) is 4.09. The molecule has 3 heteroatoms. The van der Waals surface area contributed by atoms with Gasteiger partial charge in [-0.3, -0.25) is 4.90 Å². The second-order valence-electron chi connectivity index (χ2n) is 2.82. The van der Waals surface area contributed by atoms with Gasteiger partial charge in [0.2, 0.25) is 0 Å². The standard InChI is InChI=1S/C9H18N2O/c1-4-6-11(2)7-5-9(8-10)12-3/h1,9H,5-8,10H2,2-3H3. The fourth-order valence-corrected chi connectivity index (χ4v) is 0.931. The lowest BCUT2D eigenvalue weighted by Crippen LogP contribution is -2.29. The number of hydrogen-bond acceptors (Lipinski definition) is 3. The minimum Gasteiger partial charge on any atom is -0.380 e. The van der Waals surface area contributed by atoms with Gasteiger partial charge in [-0.1, -0.05) is 5.92 Å². The van der Waals surface area contributed by atoms with Crippen molar-refractivity contribution in [3.05, 3.63) is 0 Å². The highest BCUT2D eigenvalue weighted by molar-refractivity contribution is 4.87. The number of nitrogens with two attached hydrogens (primary N) is 1. The van der Waals surface area contributed by atoms with Gasteiger partial charge < -0.3 is 10.5 Å². The van der Waals surface area contributed by atoms with Gasteiger partial charge in [-0.15, -0.1) is 6.42 Å². The van der Waals surface area contributed by atoms with Crippen LogP contribution in [0, 0.1) is 12.3 Å². The summed E-state index contributed by atoms with van der Waals surface area (Å²) in [6.45, 7) is 2.18. The molecule has 1 unspecified atom stereocenters. The summed E-state index contributed by atoms with van der Waals surface area (Å²) in [7, 11) is 3.67. The van der Waals surface area contributed by atoms with Crippen LogP contribution < -0.4 is 5.73 Å². The van der Waals surface area contributed by atoms with Crippen LogP contribution in [0.2, 0.25) is 0 Å². The molecule has 0 radical (unpaired) electrons. The average Bonchev–Trinajstić information content (AvgIpc) is 2.07. The molecule has 0 fully saturated rings. The van der Waals surface area contributed by atoms with E-state index in [0.717, 1.165) is 13.0 Å². The quantitative estimate of drug-likeness (QED) is 0.566. The fourth-order valence-electron chi connectivity index (χ4n) is 0.931. The van der Waals surface area contributed by atoms with Crippen LogP contribution in [0.15, 0.2) is 0 Å². The first-order chi connectivity index (χ1) is 5.74. The fraction of sp³-hybridized carbons (Fsp3) is 0.778. The van der Waals surface area contributed by atoms with E-state index in [-0.39, 0.29) is 6.10 Å². The Bertz CT molecular complexity index is 138. The van der Waals surface area contributed by atoms with Crippen molar-refractivity contribution in [2.75, 3.05) is 33.8 Å². The van der Waals surface area contributed by atoms with E-state index in [1.54, 1.807) is 7.11 Å². The molecule has 0 amide bonds. The lowest BCUT2D eigenvalue weighted by Gasteiger charge is -2.17. The largest absolute Gasteiger partial charge is 0.380 e. The third-order valence-electron chi connectivity index (χ3n) is 1.79. The van der Waals surface area contributed by atoms with Gasteiger partial charge in [0.05, 0.1) is 12.6 Å². The second kappa shape index (κ2) is 7.11. The number of ether oxygens (including phenoxy) is 1. The Morgan fingerprint density at radius 1 is 1.67 bits per heavy atom. The van der Waals surface area contributed by atoms with Gasteiger partial charge in [0.25, 0.3) is 0 Å². The van der Waals surface area contributed by atoms with Crippen LogP contribution in [0.1, 0.15) is 6.42 Å². The maximum absolute atomic E-state index is 5.46. The molecule has 12 heavy (non-hydrogen) atoms. The number of methoxy groups -OCH3 is 1. The minimum absolute atomic E-state index is 0.158. The molecule has 0 saturated carbocycles. The van der Waals surface area contributed by atoms with Crippen LogP contribution in [-0.4, -0.2) is 44.8 Å². The predicted octanol–water partition coefficient (Wildman–Crippen LogP) is -0.0848. The Morgan fingerprint density at radius 2 is 2.33 bits per heavy atom. The van der Waals surface area contributed by atoms with Crippen molar-refractivity contribution in [2.24, 2.45) is 5.73 Å². The zero-order valence-electron chi connectivity index (χ0n) is 7.92. The summed E-state index contributed by atoms with van der Waals surface area (Å²) in [5.41, 5.74) is 5.46. The van der Waals surface area contributed by atoms with Gasteiger partial charge in [-0.2, -0.15) is 0 Å². The highest BCUT2D eigenvalue weighted by atomic mass is 16.5. The smallest absolute Gasteiger partial charge is 0.0705 e. The van der Waals surface area contributed by atoms with Crippen molar-refractivity contribution in [1.82, 2.24) is 4.90 Å². The molecule has 0 aliphatic heterocycles. The maximum atomic E-state index is 5.46. The van der Waals surface area contributed by atoms with E-state index >= 15 is 0 Å². The molecule has 0 aromatic rings. The highest BCUT2D eigenvalue weighted by Gasteiger charge is 2.05. The van der Waals surface area contributed by atoms with Gasteiger partial charge in [0.1, 0.15) is 0 Å². The summed E-state index contributed by atoms with van der Waals surface area (Å²) in [6, 6.07) is 0. The number of terminal acetylenes is 1. The maximum Gasteiger partial charge on any atom is 0.0705 e. The van der Waals surface area contributed by atoms with E-state index < -0.39 is 0 Å². The number of nitrogens with zero attached hydrogens (tertiary/aromatic N) is 1. The van der Waals surface area contributed by atoms with Crippen LogP contribution in [0.25, 0.3) is 0 Å². The van der Waals surface area contributed by atoms with Crippen molar-refractivity contribution in [2.45, 2.75) is 12.5 Å². The van der Waals surface area contributed by atoms with Crippen LogP contribution in [0.5, 0.6) is 0 Å². The van der Waals surface area contributed by atoms with Gasteiger partial charge in [0.15, 0.2) is 0 Å². The van der Waals surface area contributed by atoms with Crippen molar-refractivity contribution < 1.29 is 4.74 Å².